The zero-order valence-corrected chi connectivity index (χ0v) is 19.1. The predicted molar refractivity (Wildman–Crippen MR) is 121 cm³/mol. The fourth-order valence-corrected chi connectivity index (χ4v) is 5.19. The first-order chi connectivity index (χ1) is 14.3. The van der Waals surface area contributed by atoms with Crippen LogP contribution in [0.5, 0.6) is 0 Å². The molecule has 1 N–H and O–H groups in total. The van der Waals surface area contributed by atoms with E-state index in [2.05, 4.69) is 24.1 Å². The largest absolute Gasteiger partial charge is 0.336 e. The van der Waals surface area contributed by atoms with E-state index in [9.17, 15) is 9.59 Å². The van der Waals surface area contributed by atoms with Crippen LogP contribution in [0.25, 0.3) is 0 Å². The Balaban J connectivity index is 1.81. The first kappa shape index (κ1) is 22.6. The topological polar surface area (TPSA) is 55.9 Å². The van der Waals surface area contributed by atoms with E-state index < -0.39 is 0 Å². The number of hydrogen-bond acceptors (Lipinski definition) is 3. The molecule has 0 bridgehead atoms. The predicted octanol–water partition coefficient (Wildman–Crippen LogP) is 3.30. The van der Waals surface area contributed by atoms with E-state index in [-0.39, 0.29) is 23.4 Å². The van der Waals surface area contributed by atoms with E-state index in [1.54, 1.807) is 19.0 Å². The van der Waals surface area contributed by atoms with E-state index in [0.717, 1.165) is 57.4 Å². The van der Waals surface area contributed by atoms with Crippen LogP contribution in [0.1, 0.15) is 49.9 Å². The lowest BCUT2D eigenvalue weighted by Crippen LogP contribution is -2.62. The smallest absolute Gasteiger partial charge is 0.316 e. The molecular formula is C24H38N4O2. The molecule has 2 aliphatic rings. The summed E-state index contributed by atoms with van der Waals surface area (Å²) in [4.78, 5) is 31.9. The highest BCUT2D eigenvalue weighted by Gasteiger charge is 2.47. The summed E-state index contributed by atoms with van der Waals surface area (Å²) in [5.74, 6) is 0.750. The van der Waals surface area contributed by atoms with Crippen LogP contribution in [-0.2, 0) is 0 Å². The van der Waals surface area contributed by atoms with Crippen LogP contribution < -0.4 is 5.32 Å². The van der Waals surface area contributed by atoms with Crippen molar-refractivity contribution < 1.29 is 9.59 Å². The molecule has 3 amide bonds. The van der Waals surface area contributed by atoms with Gasteiger partial charge in [-0.25, -0.2) is 4.79 Å². The maximum Gasteiger partial charge on any atom is 0.316 e. The van der Waals surface area contributed by atoms with Gasteiger partial charge in [0.1, 0.15) is 0 Å². The molecule has 1 spiro atoms. The summed E-state index contributed by atoms with van der Waals surface area (Å²) < 4.78 is 0. The first-order valence-corrected chi connectivity index (χ1v) is 11.4. The Morgan fingerprint density at radius 3 is 2.37 bits per heavy atom. The van der Waals surface area contributed by atoms with Gasteiger partial charge in [-0.05, 0) is 62.2 Å². The van der Waals surface area contributed by atoms with E-state index in [1.807, 2.05) is 35.2 Å². The van der Waals surface area contributed by atoms with Gasteiger partial charge in [-0.15, -0.1) is 0 Å². The third-order valence-electron chi connectivity index (χ3n) is 6.77. The number of carbonyl (C=O) groups excluding carboxylic acids is 2. The molecule has 6 heteroatoms. The summed E-state index contributed by atoms with van der Waals surface area (Å²) >= 11 is 0. The quantitative estimate of drug-likeness (QED) is 0.804. The summed E-state index contributed by atoms with van der Waals surface area (Å²) in [6.45, 7) is 9.08. The van der Waals surface area contributed by atoms with Crippen molar-refractivity contribution in [1.29, 1.82) is 0 Å². The second-order valence-electron chi connectivity index (χ2n) is 9.62. The van der Waals surface area contributed by atoms with Crippen LogP contribution in [0.2, 0.25) is 0 Å². The van der Waals surface area contributed by atoms with Crippen molar-refractivity contribution in [3.8, 4) is 0 Å². The lowest BCUT2D eigenvalue weighted by Gasteiger charge is -2.53. The Labute approximate surface area is 181 Å². The van der Waals surface area contributed by atoms with Gasteiger partial charge in [-0.1, -0.05) is 32.0 Å². The maximum absolute atomic E-state index is 13.4. The van der Waals surface area contributed by atoms with Gasteiger partial charge in [0.15, 0.2) is 0 Å². The van der Waals surface area contributed by atoms with Crippen molar-refractivity contribution in [3.63, 3.8) is 0 Å². The van der Waals surface area contributed by atoms with Gasteiger partial charge < -0.3 is 20.0 Å². The van der Waals surface area contributed by atoms with Gasteiger partial charge in [0.05, 0.1) is 6.04 Å². The number of rotatable bonds is 5. The van der Waals surface area contributed by atoms with Gasteiger partial charge in [0.25, 0.3) is 5.91 Å². The Kier molecular flexibility index (Phi) is 7.40. The Morgan fingerprint density at radius 1 is 1.10 bits per heavy atom. The van der Waals surface area contributed by atoms with Crippen LogP contribution >= 0.6 is 0 Å². The summed E-state index contributed by atoms with van der Waals surface area (Å²) in [6, 6.07) is 9.49. The fourth-order valence-electron chi connectivity index (χ4n) is 5.19. The molecule has 30 heavy (non-hydrogen) atoms. The third-order valence-corrected chi connectivity index (χ3v) is 6.77. The summed E-state index contributed by atoms with van der Waals surface area (Å²) in [7, 11) is 3.51. The normalized spacial score (nSPS) is 21.6. The van der Waals surface area contributed by atoms with Crippen molar-refractivity contribution in [2.45, 2.75) is 45.6 Å². The molecule has 2 heterocycles. The zero-order valence-electron chi connectivity index (χ0n) is 19.1. The molecule has 3 rings (SSSR count). The summed E-state index contributed by atoms with van der Waals surface area (Å²) in [6.07, 6.45) is 4.33. The van der Waals surface area contributed by atoms with Gasteiger partial charge in [0.2, 0.25) is 0 Å². The van der Waals surface area contributed by atoms with Crippen molar-refractivity contribution >= 4 is 11.9 Å². The monoisotopic (exact) mass is 414 g/mol. The number of nitrogens with zero attached hydrogens (tertiary/aromatic N) is 3. The number of likely N-dealkylation sites (tertiary alicyclic amines) is 2. The van der Waals surface area contributed by atoms with Crippen LogP contribution in [-0.4, -0.2) is 79.5 Å². The van der Waals surface area contributed by atoms with E-state index >= 15 is 0 Å². The first-order valence-electron chi connectivity index (χ1n) is 11.4. The molecule has 6 nitrogen and oxygen atoms in total. The highest BCUT2D eigenvalue weighted by atomic mass is 16.2. The summed E-state index contributed by atoms with van der Waals surface area (Å²) in [5, 5.41) is 3.08. The number of piperidine rings is 2. The van der Waals surface area contributed by atoms with E-state index in [1.165, 1.54) is 0 Å². The molecule has 0 saturated carbocycles. The molecule has 2 fully saturated rings. The summed E-state index contributed by atoms with van der Waals surface area (Å²) in [5.41, 5.74) is 0.811. The molecule has 0 aliphatic carbocycles. The minimum Gasteiger partial charge on any atom is -0.336 e. The molecule has 2 saturated heterocycles. The number of carbonyl (C=O) groups is 2. The Morgan fingerprint density at radius 2 is 1.77 bits per heavy atom. The van der Waals surface area contributed by atoms with Gasteiger partial charge in [-0.3, -0.25) is 4.79 Å². The molecule has 0 radical (unpaired) electrons. The van der Waals surface area contributed by atoms with E-state index in [4.69, 9.17) is 0 Å². The second-order valence-corrected chi connectivity index (χ2v) is 9.62. The number of amides is 3. The minimum atomic E-state index is -0.0972. The zero-order chi connectivity index (χ0) is 21.7. The second kappa shape index (κ2) is 9.82. The standard InChI is InChI=1S/C24H38N4O2/c1-19(2)18-27-15-12-24(13-16-27)11-8-14-28(21(24)17-25-23(30)26(3)4)22(29)20-9-6-5-7-10-20/h5-7,9-10,19,21H,8,11-18H2,1-4H3,(H,25,30)/t21-/m1/s1. The van der Waals surface area contributed by atoms with Crippen LogP contribution in [0.4, 0.5) is 4.79 Å². The van der Waals surface area contributed by atoms with Gasteiger partial charge in [0, 0.05) is 39.3 Å². The SMILES string of the molecule is CC(C)CN1CCC2(CCCN(C(=O)c3ccccc3)[C@@H]2CNC(=O)N(C)C)CC1. The molecule has 0 unspecified atom stereocenters. The van der Waals surface area contributed by atoms with Crippen molar-refractivity contribution in [3.05, 3.63) is 35.9 Å². The lowest BCUT2D eigenvalue weighted by molar-refractivity contribution is -0.0234. The average Bonchev–Trinajstić information content (AvgIpc) is 2.74. The molecular weight excluding hydrogens is 376 g/mol. The molecule has 0 aromatic heterocycles. The molecule has 2 aliphatic heterocycles. The minimum absolute atomic E-state index is 0.0315. The molecule has 166 valence electrons. The van der Waals surface area contributed by atoms with Crippen LogP contribution in [0, 0.1) is 11.3 Å². The van der Waals surface area contributed by atoms with Crippen LogP contribution in [0.3, 0.4) is 0 Å². The van der Waals surface area contributed by atoms with E-state index in [0.29, 0.717) is 12.5 Å². The van der Waals surface area contributed by atoms with Gasteiger partial charge in [-0.2, -0.15) is 0 Å². The van der Waals surface area contributed by atoms with Crippen LogP contribution in [0.15, 0.2) is 30.3 Å². The number of benzene rings is 1. The number of hydrogen-bond donors (Lipinski definition) is 1. The van der Waals surface area contributed by atoms with Crippen molar-refractivity contribution in [2.24, 2.45) is 11.3 Å². The van der Waals surface area contributed by atoms with Crippen molar-refractivity contribution in [2.75, 3.05) is 46.8 Å². The molecule has 1 aromatic rings. The number of urea groups is 1. The third kappa shape index (κ3) is 5.15. The highest BCUT2D eigenvalue weighted by Crippen LogP contribution is 2.45. The maximum atomic E-state index is 13.4. The number of nitrogens with one attached hydrogen (secondary N) is 1. The molecule has 1 aromatic carbocycles. The average molecular weight is 415 g/mol. The Hall–Kier alpha value is -2.08. The lowest BCUT2D eigenvalue weighted by atomic mass is 9.66. The van der Waals surface area contributed by atoms with Crippen molar-refractivity contribution in [1.82, 2.24) is 20.0 Å². The Bertz CT molecular complexity index is 711. The molecule has 1 atom stereocenters. The fraction of sp³-hybridized carbons (Fsp3) is 0.667. The van der Waals surface area contributed by atoms with Gasteiger partial charge >= 0.3 is 6.03 Å². The highest BCUT2D eigenvalue weighted by molar-refractivity contribution is 5.94.